The number of benzene rings is 1. The van der Waals surface area contributed by atoms with E-state index in [4.69, 9.17) is 4.74 Å². The molecule has 0 radical (unpaired) electrons. The Labute approximate surface area is 150 Å². The van der Waals surface area contributed by atoms with Gasteiger partial charge in [-0.3, -0.25) is 9.78 Å². The van der Waals surface area contributed by atoms with Crippen molar-refractivity contribution < 1.29 is 19.4 Å². The van der Waals surface area contributed by atoms with Gasteiger partial charge in [-0.1, -0.05) is 0 Å². The van der Waals surface area contributed by atoms with E-state index in [2.05, 4.69) is 10.3 Å². The quantitative estimate of drug-likeness (QED) is 0.801. The SMILES string of the molecule is O=C(/C=C/c1ccncc1)Nc1ccc(N2CCOCC2)c(C(=O)O)c1. The van der Waals surface area contributed by atoms with Crippen LogP contribution < -0.4 is 10.2 Å². The maximum Gasteiger partial charge on any atom is 0.337 e. The van der Waals surface area contributed by atoms with E-state index in [0.717, 1.165) is 5.56 Å². The van der Waals surface area contributed by atoms with Crippen molar-refractivity contribution in [2.45, 2.75) is 0 Å². The molecule has 0 saturated carbocycles. The largest absolute Gasteiger partial charge is 0.478 e. The fraction of sp³-hybridized carbons (Fsp3) is 0.211. The number of pyridine rings is 1. The lowest BCUT2D eigenvalue weighted by molar-refractivity contribution is -0.111. The number of nitrogens with one attached hydrogen (secondary N) is 1. The monoisotopic (exact) mass is 353 g/mol. The molecule has 0 aliphatic carbocycles. The third kappa shape index (κ3) is 4.46. The number of rotatable bonds is 5. The smallest absolute Gasteiger partial charge is 0.337 e. The first-order chi connectivity index (χ1) is 12.6. The van der Waals surface area contributed by atoms with Gasteiger partial charge < -0.3 is 20.1 Å². The molecule has 0 unspecified atom stereocenters. The average Bonchev–Trinajstić information content (AvgIpc) is 2.68. The molecule has 2 heterocycles. The first-order valence-corrected chi connectivity index (χ1v) is 8.22. The number of aromatic nitrogens is 1. The maximum absolute atomic E-state index is 12.1. The van der Waals surface area contributed by atoms with Crippen molar-refractivity contribution >= 4 is 29.3 Å². The minimum atomic E-state index is -1.03. The van der Waals surface area contributed by atoms with Gasteiger partial charge >= 0.3 is 5.97 Å². The second kappa shape index (κ2) is 8.26. The lowest BCUT2D eigenvalue weighted by Gasteiger charge is -2.30. The van der Waals surface area contributed by atoms with Crippen molar-refractivity contribution in [1.29, 1.82) is 0 Å². The summed E-state index contributed by atoms with van der Waals surface area (Å²) < 4.78 is 5.30. The number of anilines is 2. The summed E-state index contributed by atoms with van der Waals surface area (Å²) in [5.74, 6) is -1.37. The first kappa shape index (κ1) is 17.6. The van der Waals surface area contributed by atoms with Gasteiger partial charge in [-0.05, 0) is 42.0 Å². The van der Waals surface area contributed by atoms with Crippen LogP contribution in [-0.4, -0.2) is 48.3 Å². The normalized spacial score (nSPS) is 14.4. The zero-order valence-electron chi connectivity index (χ0n) is 14.1. The topological polar surface area (TPSA) is 91.8 Å². The van der Waals surface area contributed by atoms with Gasteiger partial charge in [0.05, 0.1) is 24.5 Å². The van der Waals surface area contributed by atoms with Crippen LogP contribution in [0.3, 0.4) is 0 Å². The van der Waals surface area contributed by atoms with Crippen molar-refractivity contribution in [2.75, 3.05) is 36.5 Å². The Morgan fingerprint density at radius 3 is 2.58 bits per heavy atom. The molecule has 1 amide bonds. The Morgan fingerprint density at radius 1 is 1.15 bits per heavy atom. The number of carbonyl (C=O) groups is 2. The van der Waals surface area contributed by atoms with E-state index in [-0.39, 0.29) is 11.5 Å². The lowest BCUT2D eigenvalue weighted by atomic mass is 10.1. The molecule has 1 aliphatic rings. The Kier molecular flexibility index (Phi) is 5.60. The number of hydrogen-bond acceptors (Lipinski definition) is 5. The van der Waals surface area contributed by atoms with Gasteiger partial charge in [-0.15, -0.1) is 0 Å². The number of hydrogen-bond donors (Lipinski definition) is 2. The van der Waals surface area contributed by atoms with Crippen molar-refractivity contribution in [1.82, 2.24) is 4.98 Å². The van der Waals surface area contributed by atoms with Gasteiger partial charge in [0.25, 0.3) is 0 Å². The van der Waals surface area contributed by atoms with E-state index in [1.54, 1.807) is 42.7 Å². The van der Waals surface area contributed by atoms with Crippen molar-refractivity contribution in [3.63, 3.8) is 0 Å². The molecule has 26 heavy (non-hydrogen) atoms. The van der Waals surface area contributed by atoms with Crippen molar-refractivity contribution in [3.8, 4) is 0 Å². The molecule has 2 aromatic rings. The summed E-state index contributed by atoms with van der Waals surface area (Å²) >= 11 is 0. The number of amides is 1. The molecule has 0 bridgehead atoms. The van der Waals surface area contributed by atoms with E-state index < -0.39 is 5.97 Å². The van der Waals surface area contributed by atoms with Crippen LogP contribution in [0.2, 0.25) is 0 Å². The molecule has 134 valence electrons. The Bertz CT molecular complexity index is 815. The second-order valence-corrected chi connectivity index (χ2v) is 5.74. The van der Waals surface area contributed by atoms with Gasteiger partial charge in [0, 0.05) is 37.2 Å². The molecule has 7 nitrogen and oxygen atoms in total. The predicted molar refractivity (Wildman–Crippen MR) is 98.3 cm³/mol. The molecule has 7 heteroatoms. The minimum Gasteiger partial charge on any atom is -0.478 e. The molecule has 3 rings (SSSR count). The first-order valence-electron chi connectivity index (χ1n) is 8.22. The summed E-state index contributed by atoms with van der Waals surface area (Å²) in [6, 6.07) is 8.46. The third-order valence-corrected chi connectivity index (χ3v) is 3.98. The van der Waals surface area contributed by atoms with Crippen LogP contribution in [0, 0.1) is 0 Å². The van der Waals surface area contributed by atoms with E-state index in [9.17, 15) is 14.7 Å². The molecule has 1 saturated heterocycles. The highest BCUT2D eigenvalue weighted by atomic mass is 16.5. The summed E-state index contributed by atoms with van der Waals surface area (Å²) in [7, 11) is 0. The Morgan fingerprint density at radius 2 is 1.88 bits per heavy atom. The van der Waals surface area contributed by atoms with Crippen LogP contribution in [-0.2, 0) is 9.53 Å². The number of carbonyl (C=O) groups excluding carboxylic acids is 1. The zero-order chi connectivity index (χ0) is 18.4. The lowest BCUT2D eigenvalue weighted by Crippen LogP contribution is -2.37. The minimum absolute atomic E-state index is 0.155. The van der Waals surface area contributed by atoms with Gasteiger partial charge in [-0.2, -0.15) is 0 Å². The van der Waals surface area contributed by atoms with Crippen LogP contribution in [0.4, 0.5) is 11.4 Å². The average molecular weight is 353 g/mol. The molecular formula is C19H19N3O4. The van der Waals surface area contributed by atoms with Gasteiger partial charge in [0.2, 0.25) is 5.91 Å². The molecular weight excluding hydrogens is 334 g/mol. The number of aromatic carboxylic acids is 1. The van der Waals surface area contributed by atoms with E-state index in [0.29, 0.717) is 37.7 Å². The third-order valence-electron chi connectivity index (χ3n) is 3.98. The van der Waals surface area contributed by atoms with Crippen LogP contribution >= 0.6 is 0 Å². The molecule has 1 fully saturated rings. The number of carboxylic acids is 1. The molecule has 1 aromatic carbocycles. The van der Waals surface area contributed by atoms with E-state index >= 15 is 0 Å². The summed E-state index contributed by atoms with van der Waals surface area (Å²) in [5.41, 5.74) is 2.07. The predicted octanol–water partition coefficient (Wildman–Crippen LogP) is 2.27. The van der Waals surface area contributed by atoms with Crippen LogP contribution in [0.1, 0.15) is 15.9 Å². The van der Waals surface area contributed by atoms with Gasteiger partial charge in [0.15, 0.2) is 0 Å². The highest BCUT2D eigenvalue weighted by molar-refractivity contribution is 6.03. The second-order valence-electron chi connectivity index (χ2n) is 5.74. The fourth-order valence-electron chi connectivity index (χ4n) is 2.70. The van der Waals surface area contributed by atoms with E-state index in [1.165, 1.54) is 12.1 Å². The highest BCUT2D eigenvalue weighted by Gasteiger charge is 2.19. The summed E-state index contributed by atoms with van der Waals surface area (Å²) in [6.07, 6.45) is 6.34. The molecule has 1 aromatic heterocycles. The van der Waals surface area contributed by atoms with E-state index in [1.807, 2.05) is 4.90 Å². The molecule has 1 aliphatic heterocycles. The van der Waals surface area contributed by atoms with Gasteiger partial charge in [-0.25, -0.2) is 4.79 Å². The number of nitrogens with zero attached hydrogens (tertiary/aromatic N) is 2. The molecule has 0 spiro atoms. The van der Waals surface area contributed by atoms with Crippen LogP contribution in [0.25, 0.3) is 6.08 Å². The maximum atomic E-state index is 12.1. The van der Waals surface area contributed by atoms with Crippen molar-refractivity contribution in [3.05, 3.63) is 59.9 Å². The highest BCUT2D eigenvalue weighted by Crippen LogP contribution is 2.25. The summed E-state index contributed by atoms with van der Waals surface area (Å²) in [5, 5.41) is 12.2. The molecule has 0 atom stereocenters. The Hall–Kier alpha value is -3.19. The van der Waals surface area contributed by atoms with Crippen LogP contribution in [0.5, 0.6) is 0 Å². The standard InChI is InChI=1S/C19H19N3O4/c23-18(4-1-14-5-7-20-8-6-14)21-15-2-3-17(16(13-15)19(24)25)22-9-11-26-12-10-22/h1-8,13H,9-12H2,(H,21,23)(H,24,25)/b4-1+. The fourth-order valence-corrected chi connectivity index (χ4v) is 2.70. The summed E-state index contributed by atoms with van der Waals surface area (Å²) in [4.78, 5) is 29.6. The van der Waals surface area contributed by atoms with Crippen LogP contribution in [0.15, 0.2) is 48.8 Å². The zero-order valence-corrected chi connectivity index (χ0v) is 14.1. The summed E-state index contributed by atoms with van der Waals surface area (Å²) in [6.45, 7) is 2.41. The molecule has 2 N–H and O–H groups in total. The number of carboxylic acid groups (broad SMARTS) is 1. The van der Waals surface area contributed by atoms with Crippen molar-refractivity contribution in [2.24, 2.45) is 0 Å². The Balaban J connectivity index is 1.73. The number of morpholine rings is 1. The van der Waals surface area contributed by atoms with Gasteiger partial charge in [0.1, 0.15) is 0 Å². The number of ether oxygens (including phenoxy) is 1.